The Labute approximate surface area is 60.8 Å². The van der Waals surface area contributed by atoms with E-state index in [0.29, 0.717) is 6.04 Å². The van der Waals surface area contributed by atoms with Crippen LogP contribution in [-0.4, -0.2) is 16.9 Å². The van der Waals surface area contributed by atoms with Gasteiger partial charge in [-0.15, -0.1) is 0 Å². The molecule has 0 spiro atoms. The van der Waals surface area contributed by atoms with E-state index in [0.717, 1.165) is 0 Å². The van der Waals surface area contributed by atoms with E-state index in [4.69, 9.17) is 0 Å². The van der Waals surface area contributed by atoms with Gasteiger partial charge in [-0.1, -0.05) is 0 Å². The summed E-state index contributed by atoms with van der Waals surface area (Å²) in [5.74, 6) is 0. The van der Waals surface area contributed by atoms with Crippen LogP contribution in [0.5, 0.6) is 0 Å². The summed E-state index contributed by atoms with van der Waals surface area (Å²) in [4.78, 5) is 3.89. The van der Waals surface area contributed by atoms with Gasteiger partial charge < -0.3 is 0 Å². The van der Waals surface area contributed by atoms with Crippen LogP contribution in [0.1, 0.15) is 13.8 Å². The molecular formula is C5H10N2W. The predicted molar refractivity (Wildman–Crippen MR) is 32.8 cm³/mol. The van der Waals surface area contributed by atoms with Crippen LogP contribution < -0.4 is 5.32 Å². The second-order valence-corrected chi connectivity index (χ2v) is 2.46. The molecule has 0 amide bonds. The molecule has 0 saturated heterocycles. The normalized spacial score (nSPS) is 10.4. The van der Waals surface area contributed by atoms with Gasteiger partial charge in [-0.2, -0.15) is 0 Å². The molecule has 0 bridgehead atoms. The van der Waals surface area contributed by atoms with Gasteiger partial charge in [0.1, 0.15) is 0 Å². The average molecular weight is 282 g/mol. The van der Waals surface area contributed by atoms with E-state index in [-0.39, 0.29) is 0 Å². The standard InChI is InChI=1S/C5H10N2.W/c1-5(2)7-4-6-3;/h3-5,7H,1-2H3;. The van der Waals surface area contributed by atoms with Crippen LogP contribution in [-0.2, 0) is 19.4 Å². The Kier molecular flexibility index (Phi) is 5.19. The fourth-order valence-corrected chi connectivity index (χ4v) is 0.441. The Hall–Kier alpha value is 0.0283. The molecule has 0 aliphatic carbocycles. The molecule has 0 radical (unpaired) electrons. The summed E-state index contributed by atoms with van der Waals surface area (Å²) in [5.41, 5.74) is 0. The summed E-state index contributed by atoms with van der Waals surface area (Å²) in [6.07, 6.45) is 1.72. The second kappa shape index (κ2) is 5.17. The third kappa shape index (κ3) is 6.03. The molecule has 0 atom stereocenters. The van der Waals surface area contributed by atoms with E-state index < -0.39 is 0 Å². The van der Waals surface area contributed by atoms with Crippen molar-refractivity contribution in [2.75, 3.05) is 0 Å². The fraction of sp³-hybridized carbons (Fsp3) is 0.600. The first kappa shape index (κ1) is 8.03. The molecule has 0 unspecified atom stereocenters. The maximum absolute atomic E-state index is 3.89. The predicted octanol–water partition coefficient (Wildman–Crippen LogP) is 0.319. The van der Waals surface area contributed by atoms with Crippen molar-refractivity contribution in [1.82, 2.24) is 5.32 Å². The first-order valence-corrected chi connectivity index (χ1v) is 4.18. The molecule has 0 aromatic rings. The van der Waals surface area contributed by atoms with E-state index in [1.165, 1.54) is 19.4 Å². The topological polar surface area (TPSA) is 24.4 Å². The van der Waals surface area contributed by atoms with Crippen LogP contribution in [0.15, 0.2) is 4.99 Å². The number of nitrogens with one attached hydrogen (secondary N) is 1. The van der Waals surface area contributed by atoms with E-state index in [9.17, 15) is 0 Å². The van der Waals surface area contributed by atoms with Gasteiger partial charge in [0.25, 0.3) is 0 Å². The molecule has 0 aromatic carbocycles. The van der Waals surface area contributed by atoms with Gasteiger partial charge >= 0.3 is 60.4 Å². The van der Waals surface area contributed by atoms with Crippen molar-refractivity contribution in [2.24, 2.45) is 4.99 Å². The Bertz CT molecular complexity index is 88.4. The Morgan fingerprint density at radius 3 is 2.62 bits per heavy atom. The first-order chi connectivity index (χ1) is 3.77. The third-order valence-electron chi connectivity index (χ3n) is 0.543. The van der Waals surface area contributed by atoms with Gasteiger partial charge in [0, 0.05) is 0 Å². The molecule has 46 valence electrons. The van der Waals surface area contributed by atoms with Gasteiger partial charge in [-0.05, 0) is 0 Å². The Morgan fingerprint density at radius 2 is 2.25 bits per heavy atom. The van der Waals surface area contributed by atoms with Crippen molar-refractivity contribution < 1.29 is 19.4 Å². The van der Waals surface area contributed by atoms with Crippen LogP contribution in [0.25, 0.3) is 0 Å². The zero-order valence-electron chi connectivity index (χ0n) is 5.09. The summed E-state index contributed by atoms with van der Waals surface area (Å²) in [7, 11) is 0. The van der Waals surface area contributed by atoms with Crippen LogP contribution >= 0.6 is 0 Å². The van der Waals surface area contributed by atoms with Crippen LogP contribution in [0, 0.1) is 0 Å². The molecule has 8 heavy (non-hydrogen) atoms. The van der Waals surface area contributed by atoms with Gasteiger partial charge in [0.15, 0.2) is 0 Å². The van der Waals surface area contributed by atoms with Crippen molar-refractivity contribution in [1.29, 1.82) is 0 Å². The Morgan fingerprint density at radius 1 is 1.62 bits per heavy atom. The van der Waals surface area contributed by atoms with E-state index in [2.05, 4.69) is 24.2 Å². The summed E-state index contributed by atoms with van der Waals surface area (Å²) in [6.45, 7) is 4.16. The number of rotatable bonds is 3. The van der Waals surface area contributed by atoms with E-state index in [1.54, 1.807) is 6.34 Å². The summed E-state index contributed by atoms with van der Waals surface area (Å²) >= 11 is 1.38. The zero-order valence-corrected chi connectivity index (χ0v) is 8.02. The zero-order chi connectivity index (χ0) is 6.41. The molecular weight excluding hydrogens is 272 g/mol. The van der Waals surface area contributed by atoms with Crippen molar-refractivity contribution in [3.05, 3.63) is 0 Å². The average Bonchev–Trinajstić information content (AvgIpc) is 1.66. The van der Waals surface area contributed by atoms with Gasteiger partial charge in [-0.3, -0.25) is 0 Å². The quantitative estimate of drug-likeness (QED) is 0.585. The molecule has 0 heterocycles. The molecule has 0 fully saturated rings. The summed E-state index contributed by atoms with van der Waals surface area (Å²) < 4.78 is 1.83. The van der Waals surface area contributed by atoms with Crippen LogP contribution in [0.2, 0.25) is 0 Å². The molecule has 0 aliphatic rings. The van der Waals surface area contributed by atoms with Crippen molar-refractivity contribution >= 4 is 10.9 Å². The molecule has 2 nitrogen and oxygen atoms in total. The number of nitrogens with zero attached hydrogens (tertiary/aromatic N) is 1. The van der Waals surface area contributed by atoms with Crippen LogP contribution in [0.4, 0.5) is 0 Å². The molecule has 0 aliphatic heterocycles. The number of hydrogen-bond acceptors (Lipinski definition) is 1. The summed E-state index contributed by atoms with van der Waals surface area (Å²) in [6, 6.07) is 0.494. The SMILES string of the molecule is CC(C)NC=N[CH]=[W]. The van der Waals surface area contributed by atoms with Crippen LogP contribution in [0.3, 0.4) is 0 Å². The summed E-state index contributed by atoms with van der Waals surface area (Å²) in [5, 5.41) is 3.04. The Balaban J connectivity index is 3.15. The fourth-order valence-electron chi connectivity index (χ4n) is 0.223. The molecule has 0 aromatic heterocycles. The minimum atomic E-state index is 0.494. The molecule has 1 N–H and O–H groups in total. The monoisotopic (exact) mass is 282 g/mol. The van der Waals surface area contributed by atoms with Crippen molar-refractivity contribution in [3.63, 3.8) is 0 Å². The van der Waals surface area contributed by atoms with E-state index >= 15 is 0 Å². The molecule has 3 heteroatoms. The maximum atomic E-state index is 3.89. The third-order valence-corrected chi connectivity index (χ3v) is 0.981. The van der Waals surface area contributed by atoms with Gasteiger partial charge in [0.05, 0.1) is 0 Å². The van der Waals surface area contributed by atoms with Gasteiger partial charge in [-0.25, -0.2) is 0 Å². The first-order valence-electron chi connectivity index (χ1n) is 2.48. The molecule has 0 rings (SSSR count). The van der Waals surface area contributed by atoms with E-state index in [1.807, 2.05) is 4.52 Å². The van der Waals surface area contributed by atoms with Crippen molar-refractivity contribution in [2.45, 2.75) is 19.9 Å². The number of hydrogen-bond donors (Lipinski definition) is 1. The van der Waals surface area contributed by atoms with Gasteiger partial charge in [0.2, 0.25) is 0 Å². The number of aliphatic imine (C=N–C) groups is 1. The molecule has 0 saturated carbocycles. The van der Waals surface area contributed by atoms with Crippen molar-refractivity contribution in [3.8, 4) is 0 Å². The second-order valence-electron chi connectivity index (χ2n) is 1.70. The minimum absolute atomic E-state index is 0.494.